The summed E-state index contributed by atoms with van der Waals surface area (Å²) in [7, 11) is 0. The van der Waals surface area contributed by atoms with Crippen LogP contribution in [0.25, 0.3) is 0 Å². The van der Waals surface area contributed by atoms with E-state index in [1.165, 1.54) is 0 Å². The molecule has 0 aliphatic carbocycles. The minimum atomic E-state index is 0.0898. The van der Waals surface area contributed by atoms with Crippen molar-refractivity contribution in [3.8, 4) is 0 Å². The van der Waals surface area contributed by atoms with Crippen LogP contribution in [0.3, 0.4) is 0 Å². The molecule has 17 heavy (non-hydrogen) atoms. The normalized spacial score (nSPS) is 16.8. The first-order valence-corrected chi connectivity index (χ1v) is 5.98. The molecule has 0 unspecified atom stereocenters. The SMILES string of the molecule is CCCNC(=O)CN1CC(c2nc(C)no2)C1. The molecule has 0 spiro atoms. The zero-order chi connectivity index (χ0) is 12.3. The van der Waals surface area contributed by atoms with Gasteiger partial charge in [0.25, 0.3) is 0 Å². The minimum Gasteiger partial charge on any atom is -0.355 e. The van der Waals surface area contributed by atoms with Gasteiger partial charge in [-0.05, 0) is 13.3 Å². The number of hydrogen-bond donors (Lipinski definition) is 1. The van der Waals surface area contributed by atoms with Gasteiger partial charge in [0.2, 0.25) is 11.8 Å². The second-order valence-electron chi connectivity index (χ2n) is 4.42. The number of carbonyl (C=O) groups excluding carboxylic acids is 1. The summed E-state index contributed by atoms with van der Waals surface area (Å²) in [5, 5.41) is 6.62. The highest BCUT2D eigenvalue weighted by Gasteiger charge is 2.33. The number of amides is 1. The van der Waals surface area contributed by atoms with E-state index >= 15 is 0 Å². The highest BCUT2D eigenvalue weighted by Crippen LogP contribution is 2.24. The third kappa shape index (κ3) is 3.03. The lowest BCUT2D eigenvalue weighted by molar-refractivity contribution is -0.123. The van der Waals surface area contributed by atoms with Crippen molar-refractivity contribution in [2.75, 3.05) is 26.2 Å². The van der Waals surface area contributed by atoms with E-state index < -0.39 is 0 Å². The molecule has 2 rings (SSSR count). The van der Waals surface area contributed by atoms with Gasteiger partial charge in [0.15, 0.2) is 5.82 Å². The van der Waals surface area contributed by atoms with Gasteiger partial charge in [-0.15, -0.1) is 0 Å². The maximum Gasteiger partial charge on any atom is 0.234 e. The molecule has 6 nitrogen and oxygen atoms in total. The summed E-state index contributed by atoms with van der Waals surface area (Å²) in [6, 6.07) is 0. The molecule has 1 aliphatic rings. The Morgan fingerprint density at radius 1 is 1.59 bits per heavy atom. The second kappa shape index (κ2) is 5.27. The predicted molar refractivity (Wildman–Crippen MR) is 61.5 cm³/mol. The Bertz CT molecular complexity index is 385. The van der Waals surface area contributed by atoms with E-state index in [1.54, 1.807) is 0 Å². The van der Waals surface area contributed by atoms with Crippen LogP contribution >= 0.6 is 0 Å². The highest BCUT2D eigenvalue weighted by molar-refractivity contribution is 5.78. The summed E-state index contributed by atoms with van der Waals surface area (Å²) in [4.78, 5) is 17.7. The fourth-order valence-corrected chi connectivity index (χ4v) is 1.86. The van der Waals surface area contributed by atoms with Gasteiger partial charge in [0, 0.05) is 19.6 Å². The van der Waals surface area contributed by atoms with Crippen LogP contribution in [0, 0.1) is 6.92 Å². The van der Waals surface area contributed by atoms with Crippen LogP contribution in [0.4, 0.5) is 0 Å². The van der Waals surface area contributed by atoms with E-state index in [0.29, 0.717) is 18.3 Å². The lowest BCUT2D eigenvalue weighted by atomic mass is 10.0. The van der Waals surface area contributed by atoms with E-state index in [1.807, 2.05) is 13.8 Å². The Morgan fingerprint density at radius 3 is 2.94 bits per heavy atom. The highest BCUT2D eigenvalue weighted by atomic mass is 16.5. The van der Waals surface area contributed by atoms with E-state index in [-0.39, 0.29) is 11.8 Å². The molecule has 6 heteroatoms. The van der Waals surface area contributed by atoms with E-state index in [9.17, 15) is 4.79 Å². The van der Waals surface area contributed by atoms with Crippen molar-refractivity contribution in [1.82, 2.24) is 20.4 Å². The number of likely N-dealkylation sites (tertiary alicyclic amines) is 1. The summed E-state index contributed by atoms with van der Waals surface area (Å²) in [6.07, 6.45) is 0.968. The fraction of sp³-hybridized carbons (Fsp3) is 0.727. The van der Waals surface area contributed by atoms with E-state index in [4.69, 9.17) is 4.52 Å². The number of nitrogens with one attached hydrogen (secondary N) is 1. The fourth-order valence-electron chi connectivity index (χ4n) is 1.86. The number of carbonyl (C=O) groups is 1. The molecule has 0 bridgehead atoms. The molecule has 1 saturated heterocycles. The molecule has 1 aromatic heterocycles. The zero-order valence-corrected chi connectivity index (χ0v) is 10.3. The molecule has 0 radical (unpaired) electrons. The largest absolute Gasteiger partial charge is 0.355 e. The van der Waals surface area contributed by atoms with Gasteiger partial charge >= 0.3 is 0 Å². The number of nitrogens with zero attached hydrogens (tertiary/aromatic N) is 3. The van der Waals surface area contributed by atoms with Gasteiger partial charge in [-0.3, -0.25) is 9.69 Å². The van der Waals surface area contributed by atoms with Gasteiger partial charge in [-0.25, -0.2) is 0 Å². The lowest BCUT2D eigenvalue weighted by Crippen LogP contribution is -2.49. The maximum absolute atomic E-state index is 11.4. The molecule has 0 aromatic carbocycles. The van der Waals surface area contributed by atoms with Crippen LogP contribution in [0.2, 0.25) is 0 Å². The van der Waals surface area contributed by atoms with Crippen LogP contribution in [-0.2, 0) is 4.79 Å². The van der Waals surface area contributed by atoms with Crippen molar-refractivity contribution in [3.63, 3.8) is 0 Å². The molecule has 1 fully saturated rings. The Morgan fingerprint density at radius 2 is 2.35 bits per heavy atom. The average Bonchev–Trinajstić information content (AvgIpc) is 2.66. The molecule has 94 valence electrons. The van der Waals surface area contributed by atoms with Crippen LogP contribution in [0.1, 0.15) is 31.0 Å². The number of hydrogen-bond acceptors (Lipinski definition) is 5. The van der Waals surface area contributed by atoms with Gasteiger partial charge in [-0.1, -0.05) is 12.1 Å². The van der Waals surface area contributed by atoms with Crippen LogP contribution in [0.15, 0.2) is 4.52 Å². The number of rotatable bonds is 5. The molecule has 0 atom stereocenters. The monoisotopic (exact) mass is 238 g/mol. The molecule has 1 N–H and O–H groups in total. The molecule has 0 saturated carbocycles. The number of aromatic nitrogens is 2. The summed E-state index contributed by atoms with van der Waals surface area (Å²) in [6.45, 7) is 6.70. The Balaban J connectivity index is 1.70. The summed E-state index contributed by atoms with van der Waals surface area (Å²) < 4.78 is 5.10. The zero-order valence-electron chi connectivity index (χ0n) is 10.3. The van der Waals surface area contributed by atoms with Crippen molar-refractivity contribution in [1.29, 1.82) is 0 Å². The second-order valence-corrected chi connectivity index (χ2v) is 4.42. The smallest absolute Gasteiger partial charge is 0.234 e. The first-order chi connectivity index (χ1) is 8.19. The molecular weight excluding hydrogens is 220 g/mol. The van der Waals surface area contributed by atoms with Crippen molar-refractivity contribution in [2.24, 2.45) is 0 Å². The molecular formula is C11H18N4O2. The van der Waals surface area contributed by atoms with Crippen LogP contribution in [0.5, 0.6) is 0 Å². The predicted octanol–water partition coefficient (Wildman–Crippen LogP) is 0.303. The van der Waals surface area contributed by atoms with Crippen LogP contribution < -0.4 is 5.32 Å². The lowest BCUT2D eigenvalue weighted by Gasteiger charge is -2.36. The minimum absolute atomic E-state index is 0.0898. The van der Waals surface area contributed by atoms with Crippen LogP contribution in [-0.4, -0.2) is 47.1 Å². The quantitative estimate of drug-likeness (QED) is 0.799. The van der Waals surface area contributed by atoms with Crippen molar-refractivity contribution < 1.29 is 9.32 Å². The van der Waals surface area contributed by atoms with Crippen molar-refractivity contribution in [2.45, 2.75) is 26.2 Å². The van der Waals surface area contributed by atoms with Gasteiger partial charge in [0.05, 0.1) is 12.5 Å². The van der Waals surface area contributed by atoms with Crippen molar-refractivity contribution in [3.05, 3.63) is 11.7 Å². The standard InChI is InChI=1S/C11H18N4O2/c1-3-4-12-10(16)7-15-5-9(6-15)11-13-8(2)14-17-11/h9H,3-7H2,1-2H3,(H,12,16). The molecule has 1 aromatic rings. The van der Waals surface area contributed by atoms with Gasteiger partial charge in [0.1, 0.15) is 0 Å². The third-order valence-electron chi connectivity index (χ3n) is 2.79. The van der Waals surface area contributed by atoms with E-state index in [2.05, 4.69) is 20.4 Å². The number of aryl methyl sites for hydroxylation is 1. The Kier molecular flexibility index (Phi) is 3.73. The molecule has 1 amide bonds. The molecule has 1 aliphatic heterocycles. The van der Waals surface area contributed by atoms with Gasteiger partial charge in [-0.2, -0.15) is 4.98 Å². The first kappa shape index (κ1) is 12.0. The maximum atomic E-state index is 11.4. The topological polar surface area (TPSA) is 71.3 Å². The van der Waals surface area contributed by atoms with Crippen molar-refractivity contribution >= 4 is 5.91 Å². The summed E-state index contributed by atoms with van der Waals surface area (Å²) >= 11 is 0. The summed E-state index contributed by atoms with van der Waals surface area (Å²) in [5.74, 6) is 1.73. The molecule has 2 heterocycles. The first-order valence-electron chi connectivity index (χ1n) is 5.98. The van der Waals surface area contributed by atoms with Gasteiger partial charge < -0.3 is 9.84 Å². The van der Waals surface area contributed by atoms with E-state index in [0.717, 1.165) is 26.1 Å². The summed E-state index contributed by atoms with van der Waals surface area (Å²) in [5.41, 5.74) is 0. The average molecular weight is 238 g/mol. The Hall–Kier alpha value is -1.43. The Labute approximate surface area is 100 Å². The third-order valence-corrected chi connectivity index (χ3v) is 2.79.